The van der Waals surface area contributed by atoms with Gasteiger partial charge in [0.05, 0.1) is 11.8 Å². The number of carbonyl (C=O) groups excluding carboxylic acids is 3. The van der Waals surface area contributed by atoms with E-state index >= 15 is 0 Å². The lowest BCUT2D eigenvalue weighted by atomic mass is 10.0. The van der Waals surface area contributed by atoms with Crippen LogP contribution in [0.25, 0.3) is 10.8 Å². The van der Waals surface area contributed by atoms with E-state index in [1.54, 1.807) is 48.5 Å². The maximum atomic E-state index is 12.9. The van der Waals surface area contributed by atoms with Crippen LogP contribution in [0.3, 0.4) is 0 Å². The largest absolute Gasteiger partial charge is 0.505 e. The number of nitrogens with one attached hydrogen (secondary N) is 1. The molecule has 34 heavy (non-hydrogen) atoms. The highest BCUT2D eigenvalue weighted by Crippen LogP contribution is 2.39. The van der Waals surface area contributed by atoms with Crippen LogP contribution in [0, 0.1) is 0 Å². The number of phenols is 1. The summed E-state index contributed by atoms with van der Waals surface area (Å²) in [7, 11) is 0. The third-order valence-corrected chi connectivity index (χ3v) is 4.90. The fraction of sp³-hybridized carbons (Fsp3) is 0.0435. The van der Waals surface area contributed by atoms with Gasteiger partial charge in [0.1, 0.15) is 17.8 Å². The van der Waals surface area contributed by atoms with Gasteiger partial charge in [-0.1, -0.05) is 42.5 Å². The highest BCUT2D eigenvalue weighted by Gasteiger charge is 2.20. The zero-order chi connectivity index (χ0) is 24.2. The van der Waals surface area contributed by atoms with Gasteiger partial charge in [-0.15, -0.1) is 10.2 Å². The SMILES string of the molecule is NC(=O)Cn1ncc(C(N)=O)c1N=Nc1c(O)c(C(=O)Nc2ccccc2)cc2ccccc12. The number of carbonyl (C=O) groups is 3. The smallest absolute Gasteiger partial charge is 0.259 e. The van der Waals surface area contributed by atoms with Crippen molar-refractivity contribution in [1.82, 2.24) is 9.78 Å². The molecular weight excluding hydrogens is 438 g/mol. The molecule has 3 aromatic carbocycles. The number of aromatic hydroxyl groups is 1. The molecule has 0 radical (unpaired) electrons. The summed E-state index contributed by atoms with van der Waals surface area (Å²) in [5.41, 5.74) is 11.0. The van der Waals surface area contributed by atoms with Crippen LogP contribution in [0.2, 0.25) is 0 Å². The summed E-state index contributed by atoms with van der Waals surface area (Å²) >= 11 is 0. The molecule has 0 saturated carbocycles. The van der Waals surface area contributed by atoms with Gasteiger partial charge in [-0.2, -0.15) is 5.10 Å². The third kappa shape index (κ3) is 4.43. The number of anilines is 1. The van der Waals surface area contributed by atoms with Gasteiger partial charge in [0.15, 0.2) is 11.6 Å². The standard InChI is InChI=1S/C23H19N7O4/c24-18(31)12-30-22(17(11-26-30)21(25)33)29-28-19-15-9-5-4-6-13(15)10-16(20(19)32)23(34)27-14-7-2-1-3-8-14/h1-11,32H,12H2,(H2,24,31)(H2,25,33)(H,27,34). The maximum absolute atomic E-state index is 12.9. The fourth-order valence-electron chi connectivity index (χ4n) is 3.33. The molecule has 11 heteroatoms. The van der Waals surface area contributed by atoms with E-state index in [1.807, 2.05) is 6.07 Å². The molecule has 0 fully saturated rings. The number of aromatic nitrogens is 2. The summed E-state index contributed by atoms with van der Waals surface area (Å²) in [4.78, 5) is 36.1. The zero-order valence-electron chi connectivity index (χ0n) is 17.7. The lowest BCUT2D eigenvalue weighted by Crippen LogP contribution is -2.19. The topological polar surface area (TPSA) is 178 Å². The quantitative estimate of drug-likeness (QED) is 0.311. The number of fused-ring (bicyclic) bond motifs is 1. The van der Waals surface area contributed by atoms with Gasteiger partial charge in [0.2, 0.25) is 5.91 Å². The first-order chi connectivity index (χ1) is 16.3. The fourth-order valence-corrected chi connectivity index (χ4v) is 3.33. The van der Waals surface area contributed by atoms with E-state index in [-0.39, 0.29) is 29.2 Å². The van der Waals surface area contributed by atoms with Crippen LogP contribution in [0.4, 0.5) is 17.2 Å². The second-order valence-electron chi connectivity index (χ2n) is 7.23. The summed E-state index contributed by atoms with van der Waals surface area (Å²) in [6.45, 7) is -0.367. The molecule has 6 N–H and O–H groups in total. The first-order valence-electron chi connectivity index (χ1n) is 10.0. The average Bonchev–Trinajstić information content (AvgIpc) is 3.20. The minimum atomic E-state index is -0.838. The monoisotopic (exact) mass is 457 g/mol. The average molecular weight is 457 g/mol. The van der Waals surface area contributed by atoms with Crippen molar-refractivity contribution in [3.63, 3.8) is 0 Å². The van der Waals surface area contributed by atoms with Crippen LogP contribution in [0.1, 0.15) is 20.7 Å². The van der Waals surface area contributed by atoms with Crippen molar-refractivity contribution in [3.05, 3.63) is 78.0 Å². The number of rotatable bonds is 7. The van der Waals surface area contributed by atoms with Crippen LogP contribution >= 0.6 is 0 Å². The predicted octanol–water partition coefficient (Wildman–Crippen LogP) is 2.99. The molecule has 0 unspecified atom stereocenters. The number of hydrogen-bond donors (Lipinski definition) is 4. The van der Waals surface area contributed by atoms with Gasteiger partial charge in [-0.3, -0.25) is 14.4 Å². The van der Waals surface area contributed by atoms with E-state index in [0.717, 1.165) is 10.9 Å². The second-order valence-corrected chi connectivity index (χ2v) is 7.23. The van der Waals surface area contributed by atoms with Crippen LogP contribution in [-0.4, -0.2) is 32.6 Å². The van der Waals surface area contributed by atoms with E-state index in [4.69, 9.17) is 11.5 Å². The van der Waals surface area contributed by atoms with E-state index < -0.39 is 23.5 Å². The Morgan fingerprint density at radius 3 is 2.38 bits per heavy atom. The summed E-state index contributed by atoms with van der Waals surface area (Å²) in [6.07, 6.45) is 1.14. The van der Waals surface area contributed by atoms with Crippen LogP contribution in [0.5, 0.6) is 5.75 Å². The number of amides is 3. The van der Waals surface area contributed by atoms with Crippen molar-refractivity contribution in [3.8, 4) is 5.75 Å². The molecular formula is C23H19N7O4. The number of azo groups is 1. The number of primary amides is 2. The summed E-state index contributed by atoms with van der Waals surface area (Å²) in [5.74, 6) is -2.65. The van der Waals surface area contributed by atoms with Gasteiger partial charge in [-0.25, -0.2) is 4.68 Å². The Labute approximate surface area is 192 Å². The Morgan fingerprint density at radius 1 is 0.971 bits per heavy atom. The number of phenolic OH excluding ortho intramolecular Hbond substituents is 1. The lowest BCUT2D eigenvalue weighted by molar-refractivity contribution is -0.118. The minimum absolute atomic E-state index is 0.0152. The zero-order valence-corrected chi connectivity index (χ0v) is 17.7. The van der Waals surface area contributed by atoms with E-state index in [9.17, 15) is 19.5 Å². The Hall–Kier alpha value is -5.06. The molecule has 0 aliphatic heterocycles. The normalized spacial score (nSPS) is 11.1. The Bertz CT molecular complexity index is 1440. The number of nitrogens with two attached hydrogens (primary N) is 2. The highest BCUT2D eigenvalue weighted by atomic mass is 16.3. The molecule has 4 aromatic rings. The van der Waals surface area contributed by atoms with Crippen molar-refractivity contribution in [2.45, 2.75) is 6.54 Å². The first-order valence-corrected chi connectivity index (χ1v) is 10.0. The molecule has 0 aliphatic rings. The van der Waals surface area contributed by atoms with Crippen molar-refractivity contribution >= 4 is 45.7 Å². The number of para-hydroxylation sites is 1. The number of benzene rings is 3. The van der Waals surface area contributed by atoms with Gasteiger partial charge >= 0.3 is 0 Å². The Balaban J connectivity index is 1.82. The maximum Gasteiger partial charge on any atom is 0.259 e. The van der Waals surface area contributed by atoms with Gasteiger partial charge < -0.3 is 21.9 Å². The first kappa shape index (κ1) is 22.1. The van der Waals surface area contributed by atoms with Gasteiger partial charge in [-0.05, 0) is 23.6 Å². The molecule has 0 saturated heterocycles. The molecule has 0 atom stereocenters. The molecule has 0 aliphatic carbocycles. The van der Waals surface area contributed by atoms with E-state index in [1.165, 1.54) is 6.07 Å². The molecule has 4 rings (SSSR count). The third-order valence-electron chi connectivity index (χ3n) is 4.90. The molecule has 0 spiro atoms. The predicted molar refractivity (Wildman–Crippen MR) is 124 cm³/mol. The van der Waals surface area contributed by atoms with E-state index in [0.29, 0.717) is 16.5 Å². The number of hydrogen-bond acceptors (Lipinski definition) is 7. The summed E-state index contributed by atoms with van der Waals surface area (Å²) in [5, 5.41) is 26.8. The Morgan fingerprint density at radius 2 is 1.68 bits per heavy atom. The molecule has 170 valence electrons. The highest BCUT2D eigenvalue weighted by molar-refractivity contribution is 6.11. The lowest BCUT2D eigenvalue weighted by Gasteiger charge is -2.11. The molecule has 0 bridgehead atoms. The number of nitrogens with zero attached hydrogens (tertiary/aromatic N) is 4. The molecule has 1 aromatic heterocycles. The van der Waals surface area contributed by atoms with Crippen LogP contribution in [-0.2, 0) is 11.3 Å². The van der Waals surface area contributed by atoms with Crippen molar-refractivity contribution in [2.24, 2.45) is 21.7 Å². The second kappa shape index (κ2) is 9.20. The van der Waals surface area contributed by atoms with Gasteiger partial charge in [0.25, 0.3) is 11.8 Å². The molecule has 1 heterocycles. The van der Waals surface area contributed by atoms with Crippen molar-refractivity contribution in [1.29, 1.82) is 0 Å². The Kier molecular flexibility index (Phi) is 5.99. The molecule has 3 amide bonds. The van der Waals surface area contributed by atoms with E-state index in [2.05, 4.69) is 20.6 Å². The summed E-state index contributed by atoms with van der Waals surface area (Å²) in [6, 6.07) is 17.2. The van der Waals surface area contributed by atoms with Crippen LogP contribution in [0.15, 0.2) is 77.1 Å². The minimum Gasteiger partial charge on any atom is -0.505 e. The van der Waals surface area contributed by atoms with Gasteiger partial charge in [0, 0.05) is 11.1 Å². The molecule has 11 nitrogen and oxygen atoms in total. The summed E-state index contributed by atoms with van der Waals surface area (Å²) < 4.78 is 1.07. The van der Waals surface area contributed by atoms with Crippen molar-refractivity contribution in [2.75, 3.05) is 5.32 Å². The van der Waals surface area contributed by atoms with Crippen molar-refractivity contribution < 1.29 is 19.5 Å². The van der Waals surface area contributed by atoms with Crippen LogP contribution < -0.4 is 16.8 Å².